The molecule has 2 fully saturated rings. The first-order valence-electron chi connectivity index (χ1n) is 19.0. The van der Waals surface area contributed by atoms with Crippen molar-refractivity contribution in [3.8, 4) is 17.2 Å². The van der Waals surface area contributed by atoms with Crippen LogP contribution in [0.2, 0.25) is 0 Å². The number of unbranched alkanes of at least 4 members (excludes halogenated alkanes) is 5. The number of fused-ring (bicyclic) bond motifs is 2. The Hall–Kier alpha value is -4.47. The van der Waals surface area contributed by atoms with Gasteiger partial charge in [-0.15, -0.1) is 11.8 Å². The summed E-state index contributed by atoms with van der Waals surface area (Å²) in [6.45, 7) is 7.91. The van der Waals surface area contributed by atoms with Gasteiger partial charge in [-0.05, 0) is 81.1 Å². The summed E-state index contributed by atoms with van der Waals surface area (Å²) >= 11 is 0.581. The summed E-state index contributed by atoms with van der Waals surface area (Å²) in [5.41, 5.74) is 1.69. The van der Waals surface area contributed by atoms with Crippen LogP contribution in [0.1, 0.15) is 83.8 Å². The van der Waals surface area contributed by atoms with E-state index >= 15 is 0 Å². The molecule has 15 heteroatoms. The standard InChI is InChI=1S/C23H23N3O7S.C18H28O3S/c1-22(2)20(21(29)33-13-15-8-10-16(11-9-15)26(30)31)25-19(28)12-23(25,34-22)24-18(27)14-32-17-6-4-3-5-7-17;1-3-4-5-6-7-8-11-22(19)15(2)12-16-9-10-17-18(13-16)21-14-20-17/h3-11,20H,12-14H2,1-2H3,(H,24,27);9-10,13,15H,3-8,11-12,14H2,1-2H3/t20-,23-;/m0./s1. The smallest absolute Gasteiger partial charge is 0.330 e. The van der Waals surface area contributed by atoms with E-state index in [0.29, 0.717) is 18.1 Å². The van der Waals surface area contributed by atoms with E-state index in [4.69, 9.17) is 18.9 Å². The van der Waals surface area contributed by atoms with Gasteiger partial charge in [0.1, 0.15) is 29.4 Å². The van der Waals surface area contributed by atoms with Crippen molar-refractivity contribution in [3.05, 3.63) is 94.0 Å². The number of nitrogens with zero attached hydrogens (tertiary/aromatic N) is 2. The van der Waals surface area contributed by atoms with Gasteiger partial charge in [-0.25, -0.2) is 4.79 Å². The fraction of sp³-hybridized carbons (Fsp3) is 0.488. The van der Waals surface area contributed by atoms with Gasteiger partial charge in [-0.3, -0.25) is 24.6 Å². The first kappa shape index (κ1) is 42.7. The second-order valence-electron chi connectivity index (χ2n) is 14.6. The van der Waals surface area contributed by atoms with E-state index in [9.17, 15) is 29.1 Å². The summed E-state index contributed by atoms with van der Waals surface area (Å²) in [7, 11) is 0. The Morgan fingerprint density at radius 3 is 2.38 bits per heavy atom. The third kappa shape index (κ3) is 11.1. The highest BCUT2D eigenvalue weighted by molar-refractivity contribution is 8.02. The maximum Gasteiger partial charge on any atom is 0.330 e. The maximum absolute atomic E-state index is 13.0. The van der Waals surface area contributed by atoms with Crippen molar-refractivity contribution in [2.75, 3.05) is 19.2 Å². The lowest BCUT2D eigenvalue weighted by Crippen LogP contribution is -2.71. The monoisotopic (exact) mass is 809 g/mol. The number of carbonyl (C=O) groups is 3. The number of amides is 2. The van der Waals surface area contributed by atoms with Crippen molar-refractivity contribution < 1.29 is 42.8 Å². The number of β-lactam (4-membered cyclic amide) rings is 1. The molecule has 3 aromatic rings. The molecule has 0 radical (unpaired) electrons. The van der Waals surface area contributed by atoms with Gasteiger partial charge in [0.15, 0.2) is 23.1 Å². The Labute approximate surface area is 335 Å². The van der Waals surface area contributed by atoms with Crippen LogP contribution < -0.4 is 19.5 Å². The van der Waals surface area contributed by atoms with Gasteiger partial charge >= 0.3 is 5.97 Å². The largest absolute Gasteiger partial charge is 0.616 e. The normalized spacial score (nSPS) is 19.8. The summed E-state index contributed by atoms with van der Waals surface area (Å²) < 4.78 is 33.2. The van der Waals surface area contributed by atoms with Crippen LogP contribution in [0, 0.1) is 10.1 Å². The van der Waals surface area contributed by atoms with Crippen LogP contribution >= 0.6 is 11.8 Å². The number of esters is 1. The number of carbonyl (C=O) groups excluding carboxylic acids is 3. The number of nitro groups is 1. The van der Waals surface area contributed by atoms with Crippen LogP contribution in [-0.2, 0) is 43.3 Å². The lowest BCUT2D eigenvalue weighted by atomic mass is 9.96. The molecule has 0 spiro atoms. The molecule has 3 aliphatic rings. The average molecular weight is 810 g/mol. The molecule has 0 aromatic heterocycles. The van der Waals surface area contributed by atoms with Gasteiger partial charge in [-0.2, -0.15) is 0 Å². The van der Waals surface area contributed by atoms with Gasteiger partial charge in [0.2, 0.25) is 12.7 Å². The van der Waals surface area contributed by atoms with E-state index in [2.05, 4.69) is 19.2 Å². The topological polar surface area (TPSA) is 170 Å². The van der Waals surface area contributed by atoms with Gasteiger partial charge in [0.25, 0.3) is 11.6 Å². The number of ether oxygens (including phenoxy) is 4. The van der Waals surface area contributed by atoms with Crippen molar-refractivity contribution in [1.29, 1.82) is 0 Å². The molecule has 0 saturated carbocycles. The second kappa shape index (κ2) is 19.6. The van der Waals surface area contributed by atoms with Crippen molar-refractivity contribution in [2.45, 2.75) is 107 Å². The van der Waals surface area contributed by atoms with Gasteiger partial charge in [0, 0.05) is 23.3 Å². The molecule has 302 valence electrons. The van der Waals surface area contributed by atoms with Crippen LogP contribution in [-0.4, -0.2) is 72.3 Å². The molecule has 6 rings (SSSR count). The number of benzene rings is 3. The quantitative estimate of drug-likeness (QED) is 0.0348. The number of non-ortho nitro benzene ring substituents is 1. The highest BCUT2D eigenvalue weighted by Crippen LogP contribution is 2.57. The summed E-state index contributed by atoms with van der Waals surface area (Å²) in [5, 5.41) is 13.8. The second-order valence-corrected chi connectivity index (χ2v) is 18.5. The lowest BCUT2D eigenvalue weighted by molar-refractivity contribution is -0.384. The first-order valence-corrected chi connectivity index (χ1v) is 21.2. The molecular weight excluding hydrogens is 759 g/mol. The SMILES string of the molecule is CC1(C)S[C@]2(NC(=O)COc3ccccc3)CC(=O)N2[C@H]1C(=O)OCc1ccc([N+](=O)[O-])cc1.CCCCCCCC[S+]([O-])C(C)Cc1ccc2c(c1)OCO2. The fourth-order valence-electron chi connectivity index (χ4n) is 6.83. The van der Waals surface area contributed by atoms with Crippen LogP contribution in [0.15, 0.2) is 72.8 Å². The van der Waals surface area contributed by atoms with Crippen molar-refractivity contribution in [3.63, 3.8) is 0 Å². The highest BCUT2D eigenvalue weighted by Gasteiger charge is 2.68. The molecule has 3 aromatic carbocycles. The highest BCUT2D eigenvalue weighted by atomic mass is 32.2. The zero-order valence-electron chi connectivity index (χ0n) is 32.4. The van der Waals surface area contributed by atoms with Crippen LogP contribution in [0.3, 0.4) is 0 Å². The Morgan fingerprint density at radius 2 is 1.68 bits per heavy atom. The molecule has 2 unspecified atom stereocenters. The minimum Gasteiger partial charge on any atom is -0.616 e. The molecule has 2 saturated heterocycles. The predicted octanol–water partition coefficient (Wildman–Crippen LogP) is 7.07. The summed E-state index contributed by atoms with van der Waals surface area (Å²) in [5.74, 6) is 1.71. The Kier molecular flexibility index (Phi) is 14.9. The summed E-state index contributed by atoms with van der Waals surface area (Å²) in [6.07, 6.45) is 8.38. The molecular formula is C41H51N3O10S2. The maximum atomic E-state index is 13.0. The van der Waals surface area contributed by atoms with E-state index in [1.54, 1.807) is 24.3 Å². The van der Waals surface area contributed by atoms with Crippen molar-refractivity contribution >= 4 is 46.4 Å². The van der Waals surface area contributed by atoms with Crippen LogP contribution in [0.25, 0.3) is 0 Å². The Bertz CT molecular complexity index is 1810. The number of nitrogens with one attached hydrogen (secondary N) is 1. The van der Waals surface area contributed by atoms with E-state index in [-0.39, 0.29) is 36.5 Å². The zero-order chi connectivity index (χ0) is 40.3. The summed E-state index contributed by atoms with van der Waals surface area (Å²) in [4.78, 5) is 48.7. The molecule has 1 N–H and O–H groups in total. The molecule has 13 nitrogen and oxygen atoms in total. The number of rotatable bonds is 18. The third-order valence-corrected chi connectivity index (χ3v) is 13.0. The van der Waals surface area contributed by atoms with Crippen LogP contribution in [0.5, 0.6) is 17.2 Å². The van der Waals surface area contributed by atoms with E-state index in [1.165, 1.54) is 78.6 Å². The van der Waals surface area contributed by atoms with Crippen molar-refractivity contribution in [1.82, 2.24) is 10.2 Å². The minimum absolute atomic E-state index is 0.0598. The number of para-hydroxylation sites is 1. The molecule has 3 aliphatic heterocycles. The predicted molar refractivity (Wildman–Crippen MR) is 215 cm³/mol. The van der Waals surface area contributed by atoms with Gasteiger partial charge in [-0.1, -0.05) is 68.0 Å². The fourth-order valence-corrected chi connectivity index (χ4v) is 9.95. The van der Waals surface area contributed by atoms with Gasteiger partial charge in [0.05, 0.1) is 11.3 Å². The molecule has 2 amide bonds. The Morgan fingerprint density at radius 1 is 1.00 bits per heavy atom. The number of hydrogen-bond donors (Lipinski definition) is 1. The lowest BCUT2D eigenvalue weighted by Gasteiger charge is -2.47. The third-order valence-electron chi connectivity index (χ3n) is 9.70. The number of thioether (sulfide) groups is 1. The van der Waals surface area contributed by atoms with Crippen molar-refractivity contribution in [2.24, 2.45) is 0 Å². The van der Waals surface area contributed by atoms with E-state index in [1.807, 2.05) is 38.1 Å². The number of hydrogen-bond acceptors (Lipinski definition) is 11. The van der Waals surface area contributed by atoms with E-state index < -0.39 is 43.8 Å². The van der Waals surface area contributed by atoms with Crippen LogP contribution in [0.4, 0.5) is 5.69 Å². The molecule has 56 heavy (non-hydrogen) atoms. The first-order chi connectivity index (χ1) is 26.8. The number of nitro benzene ring substituents is 1. The van der Waals surface area contributed by atoms with E-state index in [0.717, 1.165) is 30.1 Å². The Balaban J connectivity index is 0.000000236. The minimum atomic E-state index is -1.05. The molecule has 4 atom stereocenters. The summed E-state index contributed by atoms with van der Waals surface area (Å²) in [6, 6.07) is 19.6. The van der Waals surface area contributed by atoms with Gasteiger partial charge < -0.3 is 28.8 Å². The molecule has 0 bridgehead atoms. The molecule has 0 aliphatic carbocycles. The average Bonchev–Trinajstić information content (AvgIpc) is 3.71. The molecule has 3 heterocycles. The zero-order valence-corrected chi connectivity index (χ0v) is 34.0.